The zero-order valence-electron chi connectivity index (χ0n) is 15.4. The van der Waals surface area contributed by atoms with Crippen LogP contribution in [0.5, 0.6) is 17.2 Å². The van der Waals surface area contributed by atoms with E-state index in [4.69, 9.17) is 14.2 Å². The molecule has 0 saturated heterocycles. The van der Waals surface area contributed by atoms with Crippen molar-refractivity contribution in [1.29, 1.82) is 0 Å². The van der Waals surface area contributed by atoms with Crippen molar-refractivity contribution in [3.8, 4) is 17.2 Å². The van der Waals surface area contributed by atoms with Gasteiger partial charge >= 0.3 is 5.97 Å². The van der Waals surface area contributed by atoms with Crippen LogP contribution in [0.4, 0.5) is 0 Å². The van der Waals surface area contributed by atoms with Gasteiger partial charge in [-0.25, -0.2) is 4.79 Å². The number of benzene rings is 2. The monoisotopic (exact) mass is 371 g/mol. The summed E-state index contributed by atoms with van der Waals surface area (Å²) in [5, 5.41) is 9.35. The van der Waals surface area contributed by atoms with Crippen molar-refractivity contribution in [3.63, 3.8) is 0 Å². The Morgan fingerprint density at radius 1 is 1.19 bits per heavy atom. The normalized spacial score (nSPS) is 15.0. The number of fused-ring (bicyclic) bond motifs is 1. The molecule has 1 amide bonds. The van der Waals surface area contributed by atoms with Gasteiger partial charge in [-0.2, -0.15) is 0 Å². The van der Waals surface area contributed by atoms with Crippen LogP contribution in [-0.4, -0.2) is 55.8 Å². The number of carboxylic acid groups (broad SMARTS) is 1. The first-order valence-electron chi connectivity index (χ1n) is 8.44. The molecule has 0 fully saturated rings. The molecular formula is C20H21NO6. The Bertz CT molecular complexity index is 860. The van der Waals surface area contributed by atoms with Crippen LogP contribution in [-0.2, 0) is 11.2 Å². The number of aromatic carboxylic acids is 1. The van der Waals surface area contributed by atoms with Crippen LogP contribution in [0.25, 0.3) is 0 Å². The molecule has 2 aromatic rings. The lowest BCUT2D eigenvalue weighted by molar-refractivity contribution is 0.0694. The van der Waals surface area contributed by atoms with Gasteiger partial charge in [0.2, 0.25) is 0 Å². The Hall–Kier alpha value is -3.06. The minimum absolute atomic E-state index is 0.0845. The summed E-state index contributed by atoms with van der Waals surface area (Å²) in [6.07, 6.45) is 0.381. The largest absolute Gasteiger partial charge is 0.487 e. The number of carboxylic acids is 1. The molecule has 0 aliphatic carbocycles. The lowest BCUT2D eigenvalue weighted by Gasteiger charge is -2.13. The van der Waals surface area contributed by atoms with Gasteiger partial charge in [0.1, 0.15) is 23.4 Å². The third-order valence-electron chi connectivity index (χ3n) is 4.23. The average molecular weight is 371 g/mol. The Kier molecular flexibility index (Phi) is 5.32. The highest BCUT2D eigenvalue weighted by molar-refractivity contribution is 5.94. The molecule has 1 atom stereocenters. The molecule has 0 saturated carbocycles. The van der Waals surface area contributed by atoms with Gasteiger partial charge in [0.25, 0.3) is 5.91 Å². The van der Waals surface area contributed by atoms with E-state index >= 15 is 0 Å². The van der Waals surface area contributed by atoms with Gasteiger partial charge in [0, 0.05) is 38.8 Å². The molecule has 0 spiro atoms. The molecule has 7 heteroatoms. The van der Waals surface area contributed by atoms with Crippen LogP contribution in [0.2, 0.25) is 0 Å². The zero-order chi connectivity index (χ0) is 19.6. The average Bonchev–Trinajstić information content (AvgIpc) is 3.04. The number of carbonyl (C=O) groups is 2. The van der Waals surface area contributed by atoms with Crippen LogP contribution < -0.4 is 9.47 Å². The molecule has 1 heterocycles. The van der Waals surface area contributed by atoms with Crippen molar-refractivity contribution in [1.82, 2.24) is 4.90 Å². The molecule has 3 rings (SSSR count). The van der Waals surface area contributed by atoms with E-state index < -0.39 is 5.97 Å². The van der Waals surface area contributed by atoms with E-state index in [0.717, 1.165) is 5.56 Å². The molecule has 1 N–H and O–H groups in total. The molecular weight excluding hydrogens is 350 g/mol. The fourth-order valence-corrected chi connectivity index (χ4v) is 2.92. The second-order valence-electron chi connectivity index (χ2n) is 6.48. The Labute approximate surface area is 157 Å². The molecule has 0 radical (unpaired) electrons. The van der Waals surface area contributed by atoms with Crippen molar-refractivity contribution >= 4 is 11.9 Å². The molecule has 7 nitrogen and oxygen atoms in total. The highest BCUT2D eigenvalue weighted by Crippen LogP contribution is 2.39. The van der Waals surface area contributed by atoms with Crippen LogP contribution in [0, 0.1) is 0 Å². The highest BCUT2D eigenvalue weighted by Gasteiger charge is 2.28. The number of rotatable bonds is 6. The Balaban J connectivity index is 1.88. The number of amides is 1. The first-order chi connectivity index (χ1) is 12.9. The number of hydrogen-bond acceptors (Lipinski definition) is 5. The molecule has 27 heavy (non-hydrogen) atoms. The van der Waals surface area contributed by atoms with Crippen molar-refractivity contribution in [3.05, 3.63) is 53.1 Å². The van der Waals surface area contributed by atoms with Crippen LogP contribution in [0.1, 0.15) is 26.3 Å². The minimum Gasteiger partial charge on any atom is -0.487 e. The van der Waals surface area contributed by atoms with E-state index in [1.54, 1.807) is 45.5 Å². The van der Waals surface area contributed by atoms with E-state index in [1.165, 1.54) is 17.0 Å². The summed E-state index contributed by atoms with van der Waals surface area (Å²) in [4.78, 5) is 24.9. The number of ether oxygens (including phenoxy) is 3. The van der Waals surface area contributed by atoms with Crippen molar-refractivity contribution < 1.29 is 28.9 Å². The molecule has 1 unspecified atom stereocenters. The van der Waals surface area contributed by atoms with Gasteiger partial charge in [-0.1, -0.05) is 0 Å². The van der Waals surface area contributed by atoms with Gasteiger partial charge in [-0.3, -0.25) is 4.79 Å². The summed E-state index contributed by atoms with van der Waals surface area (Å²) in [6.45, 7) is 0.401. The van der Waals surface area contributed by atoms with Gasteiger partial charge < -0.3 is 24.2 Å². The van der Waals surface area contributed by atoms with Crippen LogP contribution in [0.15, 0.2) is 36.4 Å². The Morgan fingerprint density at radius 3 is 2.48 bits per heavy atom. The van der Waals surface area contributed by atoms with Crippen molar-refractivity contribution in [2.45, 2.75) is 12.5 Å². The molecule has 1 aliphatic heterocycles. The maximum atomic E-state index is 12.0. The lowest BCUT2D eigenvalue weighted by Crippen LogP contribution is -2.21. The van der Waals surface area contributed by atoms with Crippen LogP contribution >= 0.6 is 0 Å². The van der Waals surface area contributed by atoms with E-state index in [0.29, 0.717) is 35.8 Å². The van der Waals surface area contributed by atoms with E-state index in [9.17, 15) is 14.7 Å². The van der Waals surface area contributed by atoms with Crippen molar-refractivity contribution in [2.75, 3.05) is 27.8 Å². The van der Waals surface area contributed by atoms with Gasteiger partial charge in [0.15, 0.2) is 0 Å². The molecule has 0 bridgehead atoms. The first-order valence-corrected chi connectivity index (χ1v) is 8.44. The van der Waals surface area contributed by atoms with Crippen LogP contribution in [0.3, 0.4) is 0 Å². The summed E-state index contributed by atoms with van der Waals surface area (Å²) >= 11 is 0. The third-order valence-corrected chi connectivity index (χ3v) is 4.23. The van der Waals surface area contributed by atoms with Gasteiger partial charge in [-0.15, -0.1) is 0 Å². The predicted molar refractivity (Wildman–Crippen MR) is 97.9 cm³/mol. The number of nitrogens with zero attached hydrogens (tertiary/aromatic N) is 1. The summed E-state index contributed by atoms with van der Waals surface area (Å²) in [7, 11) is 4.96. The lowest BCUT2D eigenvalue weighted by atomic mass is 10.1. The van der Waals surface area contributed by atoms with Gasteiger partial charge in [-0.05, 0) is 36.4 Å². The minimum atomic E-state index is -1.06. The number of methoxy groups -OCH3 is 1. The molecule has 0 aromatic heterocycles. The fraction of sp³-hybridized carbons (Fsp3) is 0.300. The van der Waals surface area contributed by atoms with E-state index in [-0.39, 0.29) is 17.6 Å². The summed E-state index contributed by atoms with van der Waals surface area (Å²) in [5.41, 5.74) is 1.43. The third kappa shape index (κ3) is 4.03. The van der Waals surface area contributed by atoms with E-state index in [1.807, 2.05) is 0 Å². The zero-order valence-corrected chi connectivity index (χ0v) is 15.4. The maximum Gasteiger partial charge on any atom is 0.335 e. The summed E-state index contributed by atoms with van der Waals surface area (Å²) in [6, 6.07) is 9.68. The standard InChI is InChI=1S/C20H21NO6/c1-21(2)19(22)12-4-6-14(7-5-12)26-17-8-13(20(23)24)9-18-16(17)10-15(27-18)11-25-3/h4-9,15H,10-11H2,1-3H3,(H,23,24). The SMILES string of the molecule is COCC1Cc2c(Oc3ccc(C(=O)N(C)C)cc3)cc(C(=O)O)cc2O1. The molecule has 2 aromatic carbocycles. The summed E-state index contributed by atoms with van der Waals surface area (Å²) in [5.74, 6) is 0.256. The topological polar surface area (TPSA) is 85.3 Å². The smallest absolute Gasteiger partial charge is 0.335 e. The predicted octanol–water partition coefficient (Wildman–Crippen LogP) is 2.83. The van der Waals surface area contributed by atoms with Gasteiger partial charge in [0.05, 0.1) is 12.2 Å². The molecule has 1 aliphatic rings. The van der Waals surface area contributed by atoms with Crippen molar-refractivity contribution in [2.24, 2.45) is 0 Å². The Morgan fingerprint density at radius 2 is 1.89 bits per heavy atom. The second-order valence-corrected chi connectivity index (χ2v) is 6.48. The quantitative estimate of drug-likeness (QED) is 0.840. The second kappa shape index (κ2) is 7.67. The first kappa shape index (κ1) is 18.7. The maximum absolute atomic E-state index is 12.0. The number of carbonyl (C=O) groups excluding carboxylic acids is 1. The fourth-order valence-electron chi connectivity index (χ4n) is 2.92. The van der Waals surface area contributed by atoms with E-state index in [2.05, 4.69) is 0 Å². The summed E-state index contributed by atoms with van der Waals surface area (Å²) < 4.78 is 16.8. The number of hydrogen-bond donors (Lipinski definition) is 1. The highest BCUT2D eigenvalue weighted by atomic mass is 16.5. The molecule has 142 valence electrons.